The third-order valence-electron chi connectivity index (χ3n) is 9.39. The summed E-state index contributed by atoms with van der Waals surface area (Å²) in [6, 6.07) is 0. The third-order valence-corrected chi connectivity index (χ3v) is 9.94. The van der Waals surface area contributed by atoms with E-state index in [1.807, 2.05) is 20.8 Å². The Kier molecular flexibility index (Phi) is 4.60. The zero-order valence-corrected chi connectivity index (χ0v) is 18.5. The Morgan fingerprint density at radius 1 is 1.11 bits per heavy atom. The van der Waals surface area contributed by atoms with Crippen molar-refractivity contribution in [2.75, 3.05) is 5.33 Å². The lowest BCUT2D eigenvalue weighted by Crippen LogP contribution is -2.64. The molecule has 156 valence electrons. The molecule has 8 atom stereocenters. The number of halogens is 1. The largest absolute Gasteiger partial charge is 0.390 e. The molecule has 4 rings (SSSR count). The molecule has 0 amide bonds. The van der Waals surface area contributed by atoms with Gasteiger partial charge in [0.15, 0.2) is 5.78 Å². The Hall–Kier alpha value is -0.560. The molecule has 0 aliphatic heterocycles. The van der Waals surface area contributed by atoms with E-state index in [2.05, 4.69) is 15.9 Å². The van der Waals surface area contributed by atoms with Crippen LogP contribution in [0.15, 0.2) is 11.6 Å². The fourth-order valence-corrected chi connectivity index (χ4v) is 7.66. The molecular weight excluding hydrogens is 424 g/mol. The molecule has 0 aromatic carbocycles. The van der Waals surface area contributed by atoms with Gasteiger partial charge in [0.2, 0.25) is 0 Å². The highest BCUT2D eigenvalue weighted by atomic mass is 79.9. The summed E-state index contributed by atoms with van der Waals surface area (Å²) in [4.78, 5) is 25.9. The molecule has 0 aromatic rings. The van der Waals surface area contributed by atoms with Crippen LogP contribution in [0.5, 0.6) is 0 Å². The van der Waals surface area contributed by atoms with Crippen molar-refractivity contribution in [3.63, 3.8) is 0 Å². The van der Waals surface area contributed by atoms with E-state index in [-0.39, 0.29) is 35.2 Å². The average molecular weight is 455 g/mol. The smallest absolute Gasteiger partial charge is 0.162 e. The number of rotatable bonds is 2. The van der Waals surface area contributed by atoms with Crippen molar-refractivity contribution < 1.29 is 24.9 Å². The molecule has 0 aromatic heterocycles. The van der Waals surface area contributed by atoms with Crippen molar-refractivity contribution in [2.24, 2.45) is 28.1 Å². The van der Waals surface area contributed by atoms with E-state index in [0.29, 0.717) is 25.7 Å². The Morgan fingerprint density at radius 2 is 1.75 bits per heavy atom. The molecule has 3 fully saturated rings. The lowest BCUT2D eigenvalue weighted by Gasteiger charge is -2.63. The van der Waals surface area contributed by atoms with Crippen LogP contribution < -0.4 is 0 Å². The van der Waals surface area contributed by atoms with Crippen LogP contribution in [0.4, 0.5) is 0 Å². The second-order valence-electron chi connectivity index (χ2n) is 10.3. The minimum atomic E-state index is -1.17. The number of allylic oxidation sites excluding steroid dienone is 1. The van der Waals surface area contributed by atoms with Gasteiger partial charge in [-0.25, -0.2) is 0 Å². The summed E-state index contributed by atoms with van der Waals surface area (Å²) in [5, 5.41) is 32.9. The highest BCUT2D eigenvalue weighted by molar-refractivity contribution is 9.09. The van der Waals surface area contributed by atoms with Crippen molar-refractivity contribution in [3.05, 3.63) is 11.6 Å². The lowest BCUT2D eigenvalue weighted by atomic mass is 9.41. The van der Waals surface area contributed by atoms with Gasteiger partial charge in [0.05, 0.1) is 23.1 Å². The Balaban J connectivity index is 1.82. The van der Waals surface area contributed by atoms with Gasteiger partial charge in [-0.3, -0.25) is 9.59 Å². The van der Waals surface area contributed by atoms with Crippen molar-refractivity contribution >= 4 is 27.5 Å². The van der Waals surface area contributed by atoms with Gasteiger partial charge in [-0.05, 0) is 61.5 Å². The maximum atomic E-state index is 13.3. The van der Waals surface area contributed by atoms with E-state index in [4.69, 9.17) is 0 Å². The molecular formula is C22H31BrO5. The lowest BCUT2D eigenvalue weighted by molar-refractivity contribution is -0.175. The van der Waals surface area contributed by atoms with E-state index in [1.54, 1.807) is 6.08 Å². The maximum absolute atomic E-state index is 13.3. The summed E-state index contributed by atoms with van der Waals surface area (Å²) >= 11 is 3.28. The molecule has 5 nitrogen and oxygen atoms in total. The minimum Gasteiger partial charge on any atom is -0.390 e. The van der Waals surface area contributed by atoms with Gasteiger partial charge in [-0.1, -0.05) is 36.7 Å². The molecule has 3 N–H and O–H groups in total. The summed E-state index contributed by atoms with van der Waals surface area (Å²) < 4.78 is 0. The van der Waals surface area contributed by atoms with Crippen LogP contribution in [0.1, 0.15) is 59.3 Å². The number of carbonyl (C=O) groups is 2. The zero-order chi connectivity index (χ0) is 20.7. The van der Waals surface area contributed by atoms with Gasteiger partial charge < -0.3 is 15.3 Å². The summed E-state index contributed by atoms with van der Waals surface area (Å²) in [6.45, 7) is 5.95. The van der Waals surface area contributed by atoms with Gasteiger partial charge in [0, 0.05) is 16.7 Å². The highest BCUT2D eigenvalue weighted by Crippen LogP contribution is 2.69. The van der Waals surface area contributed by atoms with Crippen LogP contribution in [-0.2, 0) is 9.59 Å². The first-order valence-electron chi connectivity index (χ1n) is 10.4. The van der Waals surface area contributed by atoms with Crippen LogP contribution >= 0.6 is 15.9 Å². The van der Waals surface area contributed by atoms with E-state index in [1.165, 1.54) is 0 Å². The van der Waals surface area contributed by atoms with Gasteiger partial charge in [-0.2, -0.15) is 0 Å². The Bertz CT molecular complexity index is 764. The molecule has 4 aliphatic rings. The van der Waals surface area contributed by atoms with E-state index >= 15 is 0 Å². The SMILES string of the molecule is C[C@@]12C[C@@H](O)[C@@H](O)C[C@]1(C)C1CC[C@]3(C)[C@@H](C(=O)CBr)CC[C@@]3(O)C1=CC2=O. The molecule has 6 heteroatoms. The normalized spacial score (nSPS) is 53.1. The molecule has 0 heterocycles. The molecule has 28 heavy (non-hydrogen) atoms. The Morgan fingerprint density at radius 3 is 2.39 bits per heavy atom. The van der Waals surface area contributed by atoms with Gasteiger partial charge in [0.25, 0.3) is 0 Å². The number of hydrogen-bond donors (Lipinski definition) is 3. The summed E-state index contributed by atoms with van der Waals surface area (Å²) in [5.74, 6) is -0.200. The van der Waals surface area contributed by atoms with Crippen LogP contribution in [0.3, 0.4) is 0 Å². The number of carbonyl (C=O) groups excluding carboxylic acids is 2. The molecule has 1 unspecified atom stereocenters. The predicted molar refractivity (Wildman–Crippen MR) is 108 cm³/mol. The first-order valence-corrected chi connectivity index (χ1v) is 11.5. The number of Topliss-reactive ketones (excluding diaryl/α,β-unsaturated/α-hetero) is 1. The van der Waals surface area contributed by atoms with Gasteiger partial charge in [0.1, 0.15) is 5.78 Å². The van der Waals surface area contributed by atoms with Gasteiger partial charge in [-0.15, -0.1) is 0 Å². The van der Waals surface area contributed by atoms with Crippen LogP contribution in [0.2, 0.25) is 0 Å². The first kappa shape index (κ1) is 20.7. The molecule has 4 aliphatic carbocycles. The average Bonchev–Trinajstić information content (AvgIpc) is 2.91. The molecule has 0 radical (unpaired) electrons. The highest BCUT2D eigenvalue weighted by Gasteiger charge is 2.69. The van der Waals surface area contributed by atoms with Gasteiger partial charge >= 0.3 is 0 Å². The number of hydrogen-bond acceptors (Lipinski definition) is 5. The number of fused-ring (bicyclic) bond motifs is 5. The first-order chi connectivity index (χ1) is 12.9. The number of alkyl halides is 1. The zero-order valence-electron chi connectivity index (χ0n) is 16.9. The molecule has 0 saturated heterocycles. The molecule has 0 spiro atoms. The van der Waals surface area contributed by atoms with Crippen LogP contribution in [-0.4, -0.2) is 50.0 Å². The van der Waals surface area contributed by atoms with Crippen molar-refractivity contribution in [3.8, 4) is 0 Å². The minimum absolute atomic E-state index is 0.0340. The van der Waals surface area contributed by atoms with Crippen LogP contribution in [0.25, 0.3) is 0 Å². The number of ketones is 2. The number of aliphatic hydroxyl groups excluding tert-OH is 2. The summed E-state index contributed by atoms with van der Waals surface area (Å²) in [7, 11) is 0. The number of aliphatic hydroxyl groups is 3. The summed E-state index contributed by atoms with van der Waals surface area (Å²) in [6.07, 6.45) is 3.06. The van der Waals surface area contributed by atoms with E-state index in [0.717, 1.165) is 12.0 Å². The standard InChI is InChI=1S/C22H31BrO5/c1-19-6-4-12-14(22(19,28)7-5-13(19)17(26)11-23)8-18(27)21(3)10-16(25)15(24)9-20(12,21)2/h8,12-13,15-16,24-25,28H,4-7,9-11H2,1-3H3/t12?,13-,15+,16-,19-,20-,21+,22-/m1/s1. The second kappa shape index (κ2) is 6.22. The van der Waals surface area contributed by atoms with E-state index in [9.17, 15) is 24.9 Å². The monoisotopic (exact) mass is 454 g/mol. The topological polar surface area (TPSA) is 94.8 Å². The van der Waals surface area contributed by atoms with Crippen molar-refractivity contribution in [1.82, 2.24) is 0 Å². The van der Waals surface area contributed by atoms with Crippen molar-refractivity contribution in [1.29, 1.82) is 0 Å². The fourth-order valence-electron chi connectivity index (χ4n) is 7.27. The Labute approximate surface area is 174 Å². The second-order valence-corrected chi connectivity index (χ2v) is 10.9. The van der Waals surface area contributed by atoms with Crippen LogP contribution in [0, 0.1) is 28.1 Å². The fraction of sp³-hybridized carbons (Fsp3) is 0.818. The molecule has 3 saturated carbocycles. The van der Waals surface area contributed by atoms with E-state index < -0.39 is 34.1 Å². The van der Waals surface area contributed by atoms with Crippen molar-refractivity contribution in [2.45, 2.75) is 77.1 Å². The maximum Gasteiger partial charge on any atom is 0.162 e. The third kappa shape index (κ3) is 2.29. The molecule has 0 bridgehead atoms. The summed E-state index contributed by atoms with van der Waals surface area (Å²) in [5.41, 5.74) is -2.26. The quantitative estimate of drug-likeness (QED) is 0.557. The predicted octanol–water partition coefficient (Wildman–Crippen LogP) is 2.55.